The van der Waals surface area contributed by atoms with E-state index in [1.807, 2.05) is 36.4 Å². The number of thioether (sulfide) groups is 1. The molecule has 1 N–H and O–H groups in total. The summed E-state index contributed by atoms with van der Waals surface area (Å²) in [6, 6.07) is 24.0. The second-order valence-electron chi connectivity index (χ2n) is 8.61. The Morgan fingerprint density at radius 2 is 1.76 bits per heavy atom. The van der Waals surface area contributed by atoms with Crippen molar-refractivity contribution in [3.05, 3.63) is 105 Å². The number of aryl methyl sites for hydroxylation is 1. The van der Waals surface area contributed by atoms with Crippen molar-refractivity contribution >= 4 is 58.2 Å². The lowest BCUT2D eigenvalue weighted by Crippen LogP contribution is -2.30. The lowest BCUT2D eigenvalue weighted by Gasteiger charge is -2.18. The number of hydrogen-bond donors (Lipinski definition) is 1. The van der Waals surface area contributed by atoms with Crippen LogP contribution in [0.2, 0.25) is 10.0 Å². The van der Waals surface area contributed by atoms with Crippen LogP contribution in [0.1, 0.15) is 30.9 Å². The van der Waals surface area contributed by atoms with Gasteiger partial charge in [-0.15, -0.1) is 0 Å². The van der Waals surface area contributed by atoms with Crippen LogP contribution >= 0.6 is 35.0 Å². The highest BCUT2D eigenvalue weighted by molar-refractivity contribution is 8.05. The highest BCUT2D eigenvalue weighted by Gasteiger charge is 2.40. The van der Waals surface area contributed by atoms with E-state index in [-0.39, 0.29) is 16.5 Å². The molecule has 1 atom stereocenters. The smallest absolute Gasteiger partial charge is 0.269 e. The van der Waals surface area contributed by atoms with Gasteiger partial charge in [-0.2, -0.15) is 5.26 Å². The average Bonchev–Trinajstić information content (AvgIpc) is 3.21. The number of amides is 2. The minimum Gasteiger partial charge on any atom is -0.320 e. The average molecular weight is 551 g/mol. The molecule has 37 heavy (non-hydrogen) atoms. The van der Waals surface area contributed by atoms with Crippen LogP contribution in [0.4, 0.5) is 11.4 Å². The van der Waals surface area contributed by atoms with Gasteiger partial charge in [-0.3, -0.25) is 14.5 Å². The van der Waals surface area contributed by atoms with Crippen molar-refractivity contribution in [1.29, 1.82) is 5.26 Å². The summed E-state index contributed by atoms with van der Waals surface area (Å²) in [6.07, 6.45) is 3.78. The Hall–Kier alpha value is -3.24. The van der Waals surface area contributed by atoms with E-state index in [1.54, 1.807) is 24.3 Å². The van der Waals surface area contributed by atoms with Gasteiger partial charge in [0.2, 0.25) is 5.91 Å². The lowest BCUT2D eigenvalue weighted by atomic mass is 10.0. The molecule has 1 saturated heterocycles. The SMILES string of the molecule is CCCCc1ccc(CC2S/C(=C(\C#N)C(=O)Nc3ccc(Cl)cc3Cl)N(c3ccccc3)C2=O)cc1. The van der Waals surface area contributed by atoms with E-state index in [4.69, 9.17) is 23.2 Å². The predicted molar refractivity (Wildman–Crippen MR) is 152 cm³/mol. The third kappa shape index (κ3) is 6.37. The summed E-state index contributed by atoms with van der Waals surface area (Å²) < 4.78 is 0. The van der Waals surface area contributed by atoms with Crippen LogP contribution in [-0.4, -0.2) is 17.1 Å². The third-order valence-corrected chi connectivity index (χ3v) is 7.77. The molecule has 1 heterocycles. The summed E-state index contributed by atoms with van der Waals surface area (Å²) in [6.45, 7) is 2.17. The monoisotopic (exact) mass is 549 g/mol. The van der Waals surface area contributed by atoms with Crippen LogP contribution in [0.5, 0.6) is 0 Å². The van der Waals surface area contributed by atoms with E-state index in [1.165, 1.54) is 28.3 Å². The Morgan fingerprint density at radius 1 is 1.05 bits per heavy atom. The Morgan fingerprint density at radius 3 is 2.41 bits per heavy atom. The van der Waals surface area contributed by atoms with Crippen LogP contribution in [0.15, 0.2) is 83.4 Å². The van der Waals surface area contributed by atoms with Gasteiger partial charge in [0.05, 0.1) is 16.0 Å². The molecule has 3 aromatic carbocycles. The van der Waals surface area contributed by atoms with Crippen LogP contribution in [-0.2, 0) is 22.4 Å². The molecule has 4 rings (SSSR count). The molecule has 1 aliphatic heterocycles. The van der Waals surface area contributed by atoms with Crippen LogP contribution in [0, 0.1) is 11.3 Å². The summed E-state index contributed by atoms with van der Waals surface area (Å²) in [5.41, 5.74) is 3.05. The minimum absolute atomic E-state index is 0.161. The van der Waals surface area contributed by atoms with Crippen molar-refractivity contribution in [1.82, 2.24) is 0 Å². The second kappa shape index (κ2) is 12.3. The first-order valence-electron chi connectivity index (χ1n) is 12.0. The molecule has 1 fully saturated rings. The molecule has 0 bridgehead atoms. The number of nitrogens with one attached hydrogen (secondary N) is 1. The number of unbranched alkanes of at least 4 members (excludes halogenated alkanes) is 1. The number of para-hydroxylation sites is 1. The van der Waals surface area contributed by atoms with Gasteiger partial charge in [-0.25, -0.2) is 0 Å². The molecule has 0 aliphatic carbocycles. The zero-order valence-corrected chi connectivity index (χ0v) is 22.5. The molecular weight excluding hydrogens is 525 g/mol. The minimum atomic E-state index is -0.649. The highest BCUT2D eigenvalue weighted by Crippen LogP contribution is 2.42. The number of hydrogen-bond acceptors (Lipinski definition) is 4. The van der Waals surface area contributed by atoms with Gasteiger partial charge >= 0.3 is 0 Å². The zero-order valence-electron chi connectivity index (χ0n) is 20.2. The molecule has 2 amide bonds. The maximum Gasteiger partial charge on any atom is 0.269 e. The Kier molecular flexibility index (Phi) is 8.94. The fourth-order valence-electron chi connectivity index (χ4n) is 4.01. The van der Waals surface area contributed by atoms with Gasteiger partial charge in [-0.05, 0) is 60.7 Å². The normalized spacial score (nSPS) is 16.4. The van der Waals surface area contributed by atoms with Gasteiger partial charge in [0.15, 0.2) is 0 Å². The summed E-state index contributed by atoms with van der Waals surface area (Å²) in [4.78, 5) is 28.3. The largest absolute Gasteiger partial charge is 0.320 e. The van der Waals surface area contributed by atoms with Crippen LogP contribution < -0.4 is 10.2 Å². The first-order chi connectivity index (χ1) is 17.9. The molecule has 0 saturated carbocycles. The van der Waals surface area contributed by atoms with Crippen molar-refractivity contribution in [2.45, 2.75) is 37.9 Å². The van der Waals surface area contributed by atoms with Crippen LogP contribution in [0.3, 0.4) is 0 Å². The molecule has 8 heteroatoms. The fourth-order valence-corrected chi connectivity index (χ4v) is 5.78. The molecule has 1 unspecified atom stereocenters. The molecule has 0 spiro atoms. The third-order valence-electron chi connectivity index (χ3n) is 5.96. The highest BCUT2D eigenvalue weighted by atomic mass is 35.5. The number of rotatable bonds is 8. The van der Waals surface area contributed by atoms with Gasteiger partial charge in [0.1, 0.15) is 16.7 Å². The number of carbonyl (C=O) groups excluding carboxylic acids is 2. The van der Waals surface area contributed by atoms with Gasteiger partial charge < -0.3 is 5.32 Å². The number of anilines is 2. The zero-order chi connectivity index (χ0) is 26.4. The number of benzene rings is 3. The van der Waals surface area contributed by atoms with Gasteiger partial charge in [0, 0.05) is 10.7 Å². The lowest BCUT2D eigenvalue weighted by molar-refractivity contribution is -0.117. The molecule has 0 radical (unpaired) electrons. The Balaban J connectivity index is 1.65. The van der Waals surface area contributed by atoms with E-state index in [9.17, 15) is 14.9 Å². The van der Waals surface area contributed by atoms with Crippen molar-refractivity contribution in [3.63, 3.8) is 0 Å². The summed E-state index contributed by atoms with van der Waals surface area (Å²) in [7, 11) is 0. The van der Waals surface area contributed by atoms with E-state index in [2.05, 4.69) is 24.4 Å². The quantitative estimate of drug-likeness (QED) is 0.234. The molecular formula is C29H25Cl2N3O2S. The molecule has 5 nitrogen and oxygen atoms in total. The van der Waals surface area contributed by atoms with Crippen molar-refractivity contribution in [2.24, 2.45) is 0 Å². The van der Waals surface area contributed by atoms with Crippen molar-refractivity contribution < 1.29 is 9.59 Å². The van der Waals surface area contributed by atoms with E-state index in [0.717, 1.165) is 24.8 Å². The van der Waals surface area contributed by atoms with Gasteiger partial charge in [-0.1, -0.05) is 90.8 Å². The van der Waals surface area contributed by atoms with Crippen molar-refractivity contribution in [3.8, 4) is 6.07 Å². The number of nitriles is 1. The first kappa shape index (κ1) is 26.8. The van der Waals surface area contributed by atoms with Crippen molar-refractivity contribution in [2.75, 3.05) is 10.2 Å². The van der Waals surface area contributed by atoms with Crippen LogP contribution in [0.25, 0.3) is 0 Å². The summed E-state index contributed by atoms with van der Waals surface area (Å²) >= 11 is 13.4. The van der Waals surface area contributed by atoms with E-state index < -0.39 is 11.2 Å². The Bertz CT molecular complexity index is 1370. The number of carbonyl (C=O) groups is 2. The molecule has 3 aromatic rings. The predicted octanol–water partition coefficient (Wildman–Crippen LogP) is 7.40. The number of nitrogens with zero attached hydrogens (tertiary/aromatic N) is 2. The molecule has 0 aromatic heterocycles. The molecule has 188 valence electrons. The summed E-state index contributed by atoms with van der Waals surface area (Å²) in [5.74, 6) is -0.824. The number of halogens is 2. The standard InChI is InChI=1S/C29H25Cl2N3O2S/c1-2-3-7-19-10-12-20(13-11-19)16-26-28(36)34(22-8-5-4-6-9-22)29(37-26)23(18-32)27(35)33-25-15-14-21(30)17-24(25)31/h4-6,8-15,17,26H,2-3,7,16H2,1H3,(H,33,35)/b29-23+. The molecule has 1 aliphatic rings. The fraction of sp³-hybridized carbons (Fsp3) is 0.207. The van der Waals surface area contributed by atoms with E-state index in [0.29, 0.717) is 27.8 Å². The van der Waals surface area contributed by atoms with E-state index >= 15 is 0 Å². The topological polar surface area (TPSA) is 73.2 Å². The maximum absolute atomic E-state index is 13.6. The second-order valence-corrected chi connectivity index (χ2v) is 10.6. The first-order valence-corrected chi connectivity index (χ1v) is 13.6. The maximum atomic E-state index is 13.6. The summed E-state index contributed by atoms with van der Waals surface area (Å²) in [5, 5.41) is 13.2. The van der Waals surface area contributed by atoms with Gasteiger partial charge in [0.25, 0.3) is 5.91 Å². The Labute approximate surface area is 231 Å².